The lowest BCUT2D eigenvalue weighted by molar-refractivity contribution is 0.0966. The van der Waals surface area contributed by atoms with Crippen LogP contribution in [0.25, 0.3) is 0 Å². The lowest BCUT2D eigenvalue weighted by Gasteiger charge is -2.30. The summed E-state index contributed by atoms with van der Waals surface area (Å²) in [4.78, 5) is 12.3. The molecule has 1 fully saturated rings. The van der Waals surface area contributed by atoms with E-state index in [0.29, 0.717) is 22.4 Å². The number of halogens is 1. The van der Waals surface area contributed by atoms with Crippen molar-refractivity contribution in [3.63, 3.8) is 0 Å². The molecule has 0 saturated carbocycles. The quantitative estimate of drug-likeness (QED) is 0.884. The molecule has 2 N–H and O–H groups in total. The zero-order valence-corrected chi connectivity index (χ0v) is 14.2. The summed E-state index contributed by atoms with van der Waals surface area (Å²) in [5.74, 6) is 1.18. The molecule has 3 rings (SSSR count). The highest BCUT2D eigenvalue weighted by Crippen LogP contribution is 2.28. The van der Waals surface area contributed by atoms with Crippen molar-refractivity contribution in [2.45, 2.75) is 26.2 Å². The van der Waals surface area contributed by atoms with Crippen molar-refractivity contribution in [1.82, 2.24) is 10.6 Å². The fourth-order valence-corrected chi connectivity index (χ4v) is 3.44. The maximum atomic E-state index is 12.3. The number of rotatable bonds is 3. The number of allylic oxidation sites excluding steroid dienone is 3. The van der Waals surface area contributed by atoms with Gasteiger partial charge < -0.3 is 10.6 Å². The van der Waals surface area contributed by atoms with E-state index >= 15 is 0 Å². The van der Waals surface area contributed by atoms with E-state index in [2.05, 4.69) is 22.8 Å². The Hall–Kier alpha value is -1.58. The minimum atomic E-state index is -0.111. The molecular weight excluding hydrogens is 308 g/mol. The summed E-state index contributed by atoms with van der Waals surface area (Å²) < 4.78 is 0. The van der Waals surface area contributed by atoms with Crippen molar-refractivity contribution in [3.8, 4) is 0 Å². The Balaban J connectivity index is 1.58. The summed E-state index contributed by atoms with van der Waals surface area (Å²) in [6.07, 6.45) is 9.96. The number of aryl methyl sites for hydroxylation is 1. The fraction of sp³-hybridized carbons (Fsp3) is 0.421. The van der Waals surface area contributed by atoms with Gasteiger partial charge in [-0.1, -0.05) is 29.8 Å². The van der Waals surface area contributed by atoms with Crippen LogP contribution in [0.1, 0.15) is 35.2 Å². The molecule has 23 heavy (non-hydrogen) atoms. The van der Waals surface area contributed by atoms with E-state index in [1.807, 2.05) is 19.1 Å². The molecule has 1 aliphatic carbocycles. The van der Waals surface area contributed by atoms with Gasteiger partial charge in [-0.2, -0.15) is 0 Å². The average molecular weight is 331 g/mol. The Morgan fingerprint density at radius 2 is 2.26 bits per heavy atom. The highest BCUT2D eigenvalue weighted by molar-refractivity contribution is 6.31. The van der Waals surface area contributed by atoms with E-state index < -0.39 is 0 Å². The Kier molecular flexibility index (Phi) is 5.19. The Morgan fingerprint density at radius 3 is 2.91 bits per heavy atom. The molecular formula is C19H23ClN2O. The molecule has 1 saturated heterocycles. The predicted octanol–water partition coefficient (Wildman–Crippen LogP) is 3.84. The van der Waals surface area contributed by atoms with Crippen molar-refractivity contribution in [3.05, 3.63) is 58.3 Å². The van der Waals surface area contributed by atoms with E-state index in [9.17, 15) is 4.79 Å². The van der Waals surface area contributed by atoms with Gasteiger partial charge in [0.15, 0.2) is 0 Å². The standard InChI is InChI=1S/C19H23ClN2O/c1-13-4-5-15(11-18(13)20)19(23)22-17-8-6-14(7-9-17)16-3-2-10-21-12-16/h4-6,8-9,11,14,16,21H,2-3,7,10,12H2,1H3,(H,22,23)/t14?,16-/m1/s1. The Labute approximate surface area is 142 Å². The fourth-order valence-electron chi connectivity index (χ4n) is 3.26. The highest BCUT2D eigenvalue weighted by Gasteiger charge is 2.22. The van der Waals surface area contributed by atoms with Crippen LogP contribution in [0.5, 0.6) is 0 Å². The molecule has 2 atom stereocenters. The Bertz CT molecular complexity index is 645. The van der Waals surface area contributed by atoms with Crippen LogP contribution in [0, 0.1) is 18.8 Å². The first-order chi connectivity index (χ1) is 11.1. The number of amides is 1. The zero-order valence-electron chi connectivity index (χ0n) is 13.4. The second-order valence-electron chi connectivity index (χ2n) is 6.44. The minimum Gasteiger partial charge on any atom is -0.322 e. The number of carbonyl (C=O) groups is 1. The third kappa shape index (κ3) is 4.04. The molecule has 1 aromatic carbocycles. The predicted molar refractivity (Wildman–Crippen MR) is 94.6 cm³/mol. The van der Waals surface area contributed by atoms with Crippen LogP contribution in [0.4, 0.5) is 0 Å². The SMILES string of the molecule is Cc1ccc(C(=O)NC2=CCC([C@@H]3CCCNC3)C=C2)cc1Cl. The van der Waals surface area contributed by atoms with E-state index in [1.54, 1.807) is 12.1 Å². The van der Waals surface area contributed by atoms with Crippen molar-refractivity contribution in [1.29, 1.82) is 0 Å². The number of carbonyl (C=O) groups excluding carboxylic acids is 1. The van der Waals surface area contributed by atoms with Gasteiger partial charge >= 0.3 is 0 Å². The van der Waals surface area contributed by atoms with Gasteiger partial charge in [0.05, 0.1) is 0 Å². The van der Waals surface area contributed by atoms with E-state index in [4.69, 9.17) is 11.6 Å². The molecule has 1 amide bonds. The number of nitrogens with one attached hydrogen (secondary N) is 2. The second-order valence-corrected chi connectivity index (χ2v) is 6.85. The third-order valence-corrected chi connectivity index (χ3v) is 5.17. The van der Waals surface area contributed by atoms with E-state index in [1.165, 1.54) is 12.8 Å². The summed E-state index contributed by atoms with van der Waals surface area (Å²) in [7, 11) is 0. The van der Waals surface area contributed by atoms with Gasteiger partial charge in [0.2, 0.25) is 0 Å². The molecule has 0 radical (unpaired) electrons. The van der Waals surface area contributed by atoms with Crippen molar-refractivity contribution in [2.24, 2.45) is 11.8 Å². The minimum absolute atomic E-state index is 0.111. The van der Waals surface area contributed by atoms with Crippen LogP contribution in [-0.2, 0) is 0 Å². The second kappa shape index (κ2) is 7.33. The number of benzene rings is 1. The molecule has 0 spiro atoms. The summed E-state index contributed by atoms with van der Waals surface area (Å²) in [5.41, 5.74) is 2.45. The molecule has 4 heteroatoms. The van der Waals surface area contributed by atoms with Gasteiger partial charge in [0.25, 0.3) is 5.91 Å². The Morgan fingerprint density at radius 1 is 1.39 bits per heavy atom. The number of piperidine rings is 1. The lowest BCUT2D eigenvalue weighted by Crippen LogP contribution is -2.34. The van der Waals surface area contributed by atoms with Crippen LogP contribution in [0.2, 0.25) is 5.02 Å². The molecule has 0 aromatic heterocycles. The molecule has 1 aromatic rings. The third-order valence-electron chi connectivity index (χ3n) is 4.77. The normalized spacial score (nSPS) is 24.2. The monoisotopic (exact) mass is 330 g/mol. The van der Waals surface area contributed by atoms with Crippen molar-refractivity contribution in [2.75, 3.05) is 13.1 Å². The van der Waals surface area contributed by atoms with Gasteiger partial charge in [-0.3, -0.25) is 4.79 Å². The smallest absolute Gasteiger partial charge is 0.255 e. The molecule has 1 aliphatic heterocycles. The maximum absolute atomic E-state index is 12.3. The van der Waals surface area contributed by atoms with Gasteiger partial charge in [0.1, 0.15) is 0 Å². The van der Waals surface area contributed by atoms with Crippen LogP contribution in [0.3, 0.4) is 0 Å². The average Bonchev–Trinajstić information content (AvgIpc) is 2.59. The van der Waals surface area contributed by atoms with E-state index in [0.717, 1.165) is 30.8 Å². The maximum Gasteiger partial charge on any atom is 0.255 e. The number of hydrogen-bond donors (Lipinski definition) is 2. The lowest BCUT2D eigenvalue weighted by atomic mass is 9.82. The first-order valence-corrected chi connectivity index (χ1v) is 8.68. The first kappa shape index (κ1) is 16.3. The van der Waals surface area contributed by atoms with Crippen molar-refractivity contribution >= 4 is 17.5 Å². The van der Waals surface area contributed by atoms with Crippen molar-refractivity contribution < 1.29 is 4.79 Å². The highest BCUT2D eigenvalue weighted by atomic mass is 35.5. The molecule has 2 aliphatic rings. The van der Waals surface area contributed by atoms with Gasteiger partial charge in [0, 0.05) is 16.3 Å². The number of hydrogen-bond acceptors (Lipinski definition) is 2. The molecule has 122 valence electrons. The van der Waals surface area contributed by atoms with Crippen LogP contribution >= 0.6 is 11.6 Å². The summed E-state index contributed by atoms with van der Waals surface area (Å²) in [6, 6.07) is 5.39. The molecule has 0 bridgehead atoms. The topological polar surface area (TPSA) is 41.1 Å². The van der Waals surface area contributed by atoms with E-state index in [-0.39, 0.29) is 5.91 Å². The van der Waals surface area contributed by atoms with Crippen LogP contribution < -0.4 is 10.6 Å². The van der Waals surface area contributed by atoms with Gasteiger partial charge in [-0.15, -0.1) is 0 Å². The van der Waals surface area contributed by atoms with Gasteiger partial charge in [-0.05, 0) is 74.9 Å². The first-order valence-electron chi connectivity index (χ1n) is 8.30. The van der Waals surface area contributed by atoms with Crippen LogP contribution in [0.15, 0.2) is 42.1 Å². The molecule has 1 unspecified atom stereocenters. The molecule has 1 heterocycles. The largest absolute Gasteiger partial charge is 0.322 e. The zero-order chi connectivity index (χ0) is 16.2. The van der Waals surface area contributed by atoms with Crippen LogP contribution in [-0.4, -0.2) is 19.0 Å². The summed E-state index contributed by atoms with van der Waals surface area (Å²) in [5, 5.41) is 7.06. The summed E-state index contributed by atoms with van der Waals surface area (Å²) in [6.45, 7) is 4.17. The summed E-state index contributed by atoms with van der Waals surface area (Å²) >= 11 is 6.09. The molecule has 3 nitrogen and oxygen atoms in total. The van der Waals surface area contributed by atoms with Gasteiger partial charge in [-0.25, -0.2) is 0 Å².